The van der Waals surface area contributed by atoms with E-state index in [4.69, 9.17) is 11.6 Å². The second kappa shape index (κ2) is 4.53. The van der Waals surface area contributed by atoms with E-state index in [9.17, 15) is 0 Å². The van der Waals surface area contributed by atoms with Gasteiger partial charge in [0.05, 0.1) is 11.4 Å². The highest BCUT2D eigenvalue weighted by molar-refractivity contribution is 6.29. The van der Waals surface area contributed by atoms with Crippen molar-refractivity contribution in [1.82, 2.24) is 9.78 Å². The van der Waals surface area contributed by atoms with E-state index in [-0.39, 0.29) is 0 Å². The zero-order valence-electron chi connectivity index (χ0n) is 10.7. The summed E-state index contributed by atoms with van der Waals surface area (Å²) in [6.45, 7) is 8.38. The van der Waals surface area contributed by atoms with Gasteiger partial charge in [-0.25, -0.2) is 4.68 Å². The first kappa shape index (κ1) is 12.2. The van der Waals surface area contributed by atoms with Gasteiger partial charge in [0.15, 0.2) is 0 Å². The number of aryl methyl sites for hydroxylation is 2. The molecule has 0 atom stereocenters. The Labute approximate surface area is 107 Å². The van der Waals surface area contributed by atoms with Crippen LogP contribution >= 0.6 is 11.6 Å². The van der Waals surface area contributed by atoms with Crippen LogP contribution in [0.2, 0.25) is 5.15 Å². The molecule has 0 fully saturated rings. The fourth-order valence-electron chi connectivity index (χ4n) is 1.77. The molecule has 2 rings (SSSR count). The summed E-state index contributed by atoms with van der Waals surface area (Å²) in [4.78, 5) is 0. The number of benzene rings is 1. The van der Waals surface area contributed by atoms with Gasteiger partial charge in [-0.1, -0.05) is 37.6 Å². The number of hydrogen-bond donors (Lipinski definition) is 0. The molecular formula is C14H17ClN2. The Morgan fingerprint density at radius 2 is 1.88 bits per heavy atom. The Morgan fingerprint density at radius 3 is 2.47 bits per heavy atom. The number of hydrogen-bond acceptors (Lipinski definition) is 1. The van der Waals surface area contributed by atoms with Crippen molar-refractivity contribution < 1.29 is 0 Å². The highest BCUT2D eigenvalue weighted by atomic mass is 35.5. The molecule has 0 bridgehead atoms. The molecule has 0 saturated carbocycles. The minimum Gasteiger partial charge on any atom is -0.222 e. The van der Waals surface area contributed by atoms with Crippen LogP contribution in [0.3, 0.4) is 0 Å². The van der Waals surface area contributed by atoms with Crippen molar-refractivity contribution in [3.8, 4) is 5.69 Å². The normalized spacial score (nSPS) is 11.2. The third-order valence-corrected chi connectivity index (χ3v) is 3.14. The van der Waals surface area contributed by atoms with Gasteiger partial charge in [0.2, 0.25) is 0 Å². The monoisotopic (exact) mass is 248 g/mol. The van der Waals surface area contributed by atoms with Crippen LogP contribution in [0, 0.1) is 13.8 Å². The average Bonchev–Trinajstić information content (AvgIpc) is 2.64. The zero-order valence-corrected chi connectivity index (χ0v) is 11.4. The highest BCUT2D eigenvalue weighted by Gasteiger charge is 2.11. The van der Waals surface area contributed by atoms with Gasteiger partial charge in [-0.3, -0.25) is 0 Å². The second-order valence-electron chi connectivity index (χ2n) is 4.75. The van der Waals surface area contributed by atoms with E-state index in [1.54, 1.807) is 0 Å². The smallest absolute Gasteiger partial charge is 0.133 e. The molecular weight excluding hydrogens is 232 g/mol. The summed E-state index contributed by atoms with van der Waals surface area (Å²) >= 11 is 6.25. The first-order valence-electron chi connectivity index (χ1n) is 5.82. The van der Waals surface area contributed by atoms with Gasteiger partial charge in [0.25, 0.3) is 0 Å². The van der Waals surface area contributed by atoms with E-state index < -0.39 is 0 Å². The fourth-order valence-corrected chi connectivity index (χ4v) is 2.01. The van der Waals surface area contributed by atoms with Gasteiger partial charge < -0.3 is 0 Å². The topological polar surface area (TPSA) is 17.8 Å². The van der Waals surface area contributed by atoms with Crippen molar-refractivity contribution in [2.45, 2.75) is 33.6 Å². The lowest BCUT2D eigenvalue weighted by Gasteiger charge is -2.08. The van der Waals surface area contributed by atoms with E-state index in [0.717, 1.165) is 11.4 Å². The Balaban J connectivity index is 2.56. The summed E-state index contributed by atoms with van der Waals surface area (Å²) < 4.78 is 1.82. The van der Waals surface area contributed by atoms with Gasteiger partial charge in [-0.15, -0.1) is 0 Å². The molecule has 0 radical (unpaired) electrons. The van der Waals surface area contributed by atoms with Crippen LogP contribution in [0.4, 0.5) is 0 Å². The number of halogens is 1. The molecule has 0 aliphatic rings. The van der Waals surface area contributed by atoms with Crippen LogP contribution in [0.15, 0.2) is 24.3 Å². The minimum atomic E-state index is 0.388. The Kier molecular flexibility index (Phi) is 3.25. The molecule has 0 aliphatic carbocycles. The third-order valence-electron chi connectivity index (χ3n) is 2.87. The first-order valence-corrected chi connectivity index (χ1v) is 6.20. The molecule has 1 aromatic heterocycles. The molecule has 0 saturated heterocycles. The van der Waals surface area contributed by atoms with E-state index in [1.165, 1.54) is 11.1 Å². The predicted molar refractivity (Wildman–Crippen MR) is 72.1 cm³/mol. The predicted octanol–water partition coefficient (Wildman–Crippen LogP) is 4.27. The summed E-state index contributed by atoms with van der Waals surface area (Å²) in [6, 6.07) is 8.24. The standard InChI is InChI=1S/C14H17ClN2/c1-9(2)12-8-14(15)17(16-12)13-7-10(3)5-6-11(13)4/h5-9H,1-4H3. The summed E-state index contributed by atoms with van der Waals surface area (Å²) in [5.41, 5.74) is 4.47. The molecule has 0 spiro atoms. The maximum absolute atomic E-state index is 6.25. The van der Waals surface area contributed by atoms with Crippen LogP contribution in [0.25, 0.3) is 5.69 Å². The third kappa shape index (κ3) is 2.37. The van der Waals surface area contributed by atoms with Gasteiger partial charge in [-0.05, 0) is 43.0 Å². The molecule has 0 unspecified atom stereocenters. The molecule has 0 N–H and O–H groups in total. The summed E-state index contributed by atoms with van der Waals surface area (Å²) in [7, 11) is 0. The van der Waals surface area contributed by atoms with Gasteiger partial charge in [0, 0.05) is 0 Å². The van der Waals surface area contributed by atoms with Crippen molar-refractivity contribution in [3.05, 3.63) is 46.2 Å². The maximum atomic E-state index is 6.25. The lowest BCUT2D eigenvalue weighted by Crippen LogP contribution is -2.01. The lowest BCUT2D eigenvalue weighted by atomic mass is 10.1. The van der Waals surface area contributed by atoms with Gasteiger partial charge in [-0.2, -0.15) is 5.10 Å². The average molecular weight is 249 g/mol. The zero-order chi connectivity index (χ0) is 12.6. The van der Waals surface area contributed by atoms with Gasteiger partial charge in [0.1, 0.15) is 5.15 Å². The quantitative estimate of drug-likeness (QED) is 0.776. The maximum Gasteiger partial charge on any atom is 0.133 e. The molecule has 90 valence electrons. The van der Waals surface area contributed by atoms with Crippen molar-refractivity contribution >= 4 is 11.6 Å². The van der Waals surface area contributed by atoms with Crippen molar-refractivity contribution in [2.24, 2.45) is 0 Å². The Bertz CT molecular complexity index is 541. The van der Waals surface area contributed by atoms with Crippen LogP contribution < -0.4 is 0 Å². The number of rotatable bonds is 2. The van der Waals surface area contributed by atoms with Crippen LogP contribution in [0.1, 0.15) is 36.6 Å². The lowest BCUT2D eigenvalue weighted by molar-refractivity contribution is 0.766. The molecule has 2 aromatic rings. The molecule has 1 heterocycles. The van der Waals surface area contributed by atoms with E-state index in [0.29, 0.717) is 11.1 Å². The first-order chi connectivity index (χ1) is 7.99. The molecule has 2 nitrogen and oxygen atoms in total. The SMILES string of the molecule is Cc1ccc(C)c(-n2nc(C(C)C)cc2Cl)c1. The van der Waals surface area contributed by atoms with Crippen molar-refractivity contribution in [3.63, 3.8) is 0 Å². The number of aromatic nitrogens is 2. The Hall–Kier alpha value is -1.28. The molecule has 0 amide bonds. The van der Waals surface area contributed by atoms with Crippen LogP contribution in [0.5, 0.6) is 0 Å². The van der Waals surface area contributed by atoms with E-state index in [2.05, 4.69) is 51.0 Å². The van der Waals surface area contributed by atoms with Crippen LogP contribution in [-0.2, 0) is 0 Å². The van der Waals surface area contributed by atoms with E-state index in [1.807, 2.05) is 10.7 Å². The van der Waals surface area contributed by atoms with Gasteiger partial charge >= 0.3 is 0 Å². The molecule has 17 heavy (non-hydrogen) atoms. The Morgan fingerprint density at radius 1 is 1.18 bits per heavy atom. The highest BCUT2D eigenvalue weighted by Crippen LogP contribution is 2.24. The molecule has 3 heteroatoms. The van der Waals surface area contributed by atoms with Crippen LogP contribution in [-0.4, -0.2) is 9.78 Å². The number of nitrogens with zero attached hydrogens (tertiary/aromatic N) is 2. The molecule has 0 aliphatic heterocycles. The minimum absolute atomic E-state index is 0.388. The summed E-state index contributed by atoms with van der Waals surface area (Å²) in [6.07, 6.45) is 0. The second-order valence-corrected chi connectivity index (χ2v) is 5.14. The summed E-state index contributed by atoms with van der Waals surface area (Å²) in [5, 5.41) is 5.24. The van der Waals surface area contributed by atoms with E-state index >= 15 is 0 Å². The van der Waals surface area contributed by atoms with Crippen molar-refractivity contribution in [2.75, 3.05) is 0 Å². The summed E-state index contributed by atoms with van der Waals surface area (Å²) in [5.74, 6) is 0.388. The largest absolute Gasteiger partial charge is 0.222 e. The molecule has 1 aromatic carbocycles. The fraction of sp³-hybridized carbons (Fsp3) is 0.357. The van der Waals surface area contributed by atoms with Crippen molar-refractivity contribution in [1.29, 1.82) is 0 Å².